The molecule has 9 heteroatoms. The van der Waals surface area contributed by atoms with Crippen LogP contribution >= 0.6 is 0 Å². The topological polar surface area (TPSA) is 141 Å². The van der Waals surface area contributed by atoms with Crippen molar-refractivity contribution in [2.45, 2.75) is 0 Å². The Hall–Kier alpha value is -3.49. The Labute approximate surface area is 131 Å². The minimum absolute atomic E-state index is 0.274. The minimum Gasteiger partial charge on any atom is -0.388 e. The standard InChI is InChI=1S/C8H10N2O.C6H4N2O4/c1-10-7-4-2-3-6(5-7)8(9)11;9-7(10)5-2-1-3-6(4-5)8(11)12/h2-5,10H,1H3,(H2,9,11);1-4H. The molecule has 3 N–H and O–H groups in total. The summed E-state index contributed by atoms with van der Waals surface area (Å²) in [5.74, 6) is -0.401. The summed E-state index contributed by atoms with van der Waals surface area (Å²) < 4.78 is 0. The first-order valence-electron chi connectivity index (χ1n) is 6.31. The molecule has 2 aromatic rings. The number of non-ortho nitro benzene ring substituents is 2. The Morgan fingerprint density at radius 2 is 1.52 bits per heavy atom. The molecule has 0 unspecified atom stereocenters. The lowest BCUT2D eigenvalue weighted by Crippen LogP contribution is -2.10. The first kappa shape index (κ1) is 17.6. The summed E-state index contributed by atoms with van der Waals surface area (Å²) in [6.45, 7) is 0. The van der Waals surface area contributed by atoms with Crippen LogP contribution in [0.15, 0.2) is 48.5 Å². The van der Waals surface area contributed by atoms with Crippen molar-refractivity contribution in [1.82, 2.24) is 0 Å². The Bertz CT molecular complexity index is 703. The van der Waals surface area contributed by atoms with Gasteiger partial charge in [-0.2, -0.15) is 0 Å². The highest BCUT2D eigenvalue weighted by molar-refractivity contribution is 5.93. The Morgan fingerprint density at radius 1 is 1.00 bits per heavy atom. The summed E-state index contributed by atoms with van der Waals surface area (Å²) in [5, 5.41) is 23.2. The fourth-order valence-corrected chi connectivity index (χ4v) is 1.55. The van der Waals surface area contributed by atoms with Gasteiger partial charge in [0.25, 0.3) is 11.4 Å². The summed E-state index contributed by atoms with van der Waals surface area (Å²) in [7, 11) is 1.79. The van der Waals surface area contributed by atoms with E-state index in [0.717, 1.165) is 11.8 Å². The highest BCUT2D eigenvalue weighted by Crippen LogP contribution is 2.18. The van der Waals surface area contributed by atoms with Crippen LogP contribution in [0.5, 0.6) is 0 Å². The second kappa shape index (κ2) is 8.08. The van der Waals surface area contributed by atoms with Gasteiger partial charge in [0.05, 0.1) is 15.9 Å². The number of benzene rings is 2. The zero-order valence-electron chi connectivity index (χ0n) is 12.1. The second-order valence-electron chi connectivity index (χ2n) is 4.23. The number of nitro groups is 2. The van der Waals surface area contributed by atoms with Gasteiger partial charge in [0, 0.05) is 30.4 Å². The van der Waals surface area contributed by atoms with E-state index in [1.54, 1.807) is 25.2 Å². The van der Waals surface area contributed by atoms with Gasteiger partial charge in [-0.05, 0) is 24.3 Å². The molecule has 2 aromatic carbocycles. The summed E-state index contributed by atoms with van der Waals surface area (Å²) in [6, 6.07) is 11.6. The lowest BCUT2D eigenvalue weighted by atomic mass is 10.2. The number of hydrogen-bond acceptors (Lipinski definition) is 6. The number of nitrogens with zero attached hydrogens (tertiary/aromatic N) is 2. The third-order valence-corrected chi connectivity index (χ3v) is 2.69. The molecule has 0 aromatic heterocycles. The van der Waals surface area contributed by atoms with Gasteiger partial charge in [0.2, 0.25) is 5.91 Å². The van der Waals surface area contributed by atoms with Crippen molar-refractivity contribution in [1.29, 1.82) is 0 Å². The normalized spacial score (nSPS) is 9.26. The molecule has 0 aliphatic heterocycles. The molecule has 0 heterocycles. The molecule has 0 aliphatic rings. The highest BCUT2D eigenvalue weighted by atomic mass is 16.6. The molecule has 23 heavy (non-hydrogen) atoms. The monoisotopic (exact) mass is 318 g/mol. The van der Waals surface area contributed by atoms with E-state index in [1.165, 1.54) is 18.2 Å². The molecule has 0 bridgehead atoms. The molecule has 0 spiro atoms. The number of carbonyl (C=O) groups is 1. The van der Waals surface area contributed by atoms with Crippen molar-refractivity contribution in [2.75, 3.05) is 12.4 Å². The molecule has 0 saturated carbocycles. The average molecular weight is 318 g/mol. The fraction of sp³-hybridized carbons (Fsp3) is 0.0714. The van der Waals surface area contributed by atoms with Gasteiger partial charge in [-0.1, -0.05) is 6.07 Å². The number of nitro benzene ring substituents is 2. The van der Waals surface area contributed by atoms with Crippen LogP contribution < -0.4 is 11.1 Å². The molecular formula is C14H14N4O5. The van der Waals surface area contributed by atoms with Crippen LogP contribution in [0.4, 0.5) is 17.1 Å². The van der Waals surface area contributed by atoms with E-state index < -0.39 is 15.8 Å². The first-order valence-corrected chi connectivity index (χ1v) is 6.31. The molecule has 0 radical (unpaired) electrons. The van der Waals surface area contributed by atoms with Gasteiger partial charge in [-0.25, -0.2) is 0 Å². The summed E-state index contributed by atoms with van der Waals surface area (Å²) in [6.07, 6.45) is 0. The van der Waals surface area contributed by atoms with Crippen molar-refractivity contribution >= 4 is 23.0 Å². The van der Waals surface area contributed by atoms with Gasteiger partial charge < -0.3 is 11.1 Å². The Morgan fingerprint density at radius 3 is 1.96 bits per heavy atom. The zero-order valence-corrected chi connectivity index (χ0v) is 12.1. The lowest BCUT2D eigenvalue weighted by Gasteiger charge is -2.00. The summed E-state index contributed by atoms with van der Waals surface area (Å²) >= 11 is 0. The van der Waals surface area contributed by atoms with Crippen LogP contribution in [-0.4, -0.2) is 22.8 Å². The molecule has 0 atom stereocenters. The number of anilines is 1. The number of primary amides is 1. The van der Waals surface area contributed by atoms with E-state index >= 15 is 0 Å². The first-order chi connectivity index (χ1) is 10.8. The van der Waals surface area contributed by atoms with E-state index in [0.29, 0.717) is 5.56 Å². The minimum atomic E-state index is -0.674. The fourth-order valence-electron chi connectivity index (χ4n) is 1.55. The van der Waals surface area contributed by atoms with Gasteiger partial charge >= 0.3 is 0 Å². The largest absolute Gasteiger partial charge is 0.388 e. The van der Waals surface area contributed by atoms with E-state index in [2.05, 4.69) is 5.32 Å². The third kappa shape index (κ3) is 5.42. The molecular weight excluding hydrogens is 304 g/mol. The van der Waals surface area contributed by atoms with Crippen molar-refractivity contribution < 1.29 is 14.6 Å². The van der Waals surface area contributed by atoms with E-state index in [4.69, 9.17) is 5.73 Å². The predicted octanol–water partition coefficient (Wildman–Crippen LogP) is 2.33. The van der Waals surface area contributed by atoms with Gasteiger partial charge in [0.15, 0.2) is 0 Å². The molecule has 120 valence electrons. The maximum Gasteiger partial charge on any atom is 0.276 e. The van der Waals surface area contributed by atoms with Crippen LogP contribution in [0.2, 0.25) is 0 Å². The zero-order chi connectivity index (χ0) is 17.4. The van der Waals surface area contributed by atoms with Crippen LogP contribution in [0.25, 0.3) is 0 Å². The third-order valence-electron chi connectivity index (χ3n) is 2.69. The molecule has 9 nitrogen and oxygen atoms in total. The number of nitrogens with one attached hydrogen (secondary N) is 1. The average Bonchev–Trinajstić information content (AvgIpc) is 2.55. The van der Waals surface area contributed by atoms with Crippen molar-refractivity contribution in [3.8, 4) is 0 Å². The van der Waals surface area contributed by atoms with E-state index in [1.807, 2.05) is 6.07 Å². The van der Waals surface area contributed by atoms with Crippen LogP contribution in [0.1, 0.15) is 10.4 Å². The van der Waals surface area contributed by atoms with Crippen molar-refractivity contribution in [2.24, 2.45) is 5.73 Å². The Balaban J connectivity index is 0.000000231. The number of amides is 1. The van der Waals surface area contributed by atoms with Gasteiger partial charge in [-0.3, -0.25) is 25.0 Å². The van der Waals surface area contributed by atoms with Crippen LogP contribution in [0.3, 0.4) is 0 Å². The second-order valence-corrected chi connectivity index (χ2v) is 4.23. The molecule has 0 aliphatic carbocycles. The summed E-state index contributed by atoms with van der Waals surface area (Å²) in [4.78, 5) is 29.6. The maximum atomic E-state index is 10.7. The smallest absolute Gasteiger partial charge is 0.276 e. The molecule has 1 amide bonds. The van der Waals surface area contributed by atoms with E-state index in [-0.39, 0.29) is 11.4 Å². The molecule has 0 saturated heterocycles. The molecule has 0 fully saturated rings. The van der Waals surface area contributed by atoms with E-state index in [9.17, 15) is 25.0 Å². The lowest BCUT2D eigenvalue weighted by molar-refractivity contribution is -0.394. The van der Waals surface area contributed by atoms with Crippen LogP contribution in [-0.2, 0) is 0 Å². The summed E-state index contributed by atoms with van der Waals surface area (Å²) in [5.41, 5.74) is 5.94. The quantitative estimate of drug-likeness (QED) is 0.654. The highest BCUT2D eigenvalue weighted by Gasteiger charge is 2.11. The molecule has 2 rings (SSSR count). The maximum absolute atomic E-state index is 10.7. The van der Waals surface area contributed by atoms with Crippen LogP contribution in [0, 0.1) is 20.2 Å². The predicted molar refractivity (Wildman–Crippen MR) is 84.3 cm³/mol. The number of rotatable bonds is 4. The van der Waals surface area contributed by atoms with Crippen molar-refractivity contribution in [3.05, 3.63) is 74.3 Å². The number of carbonyl (C=O) groups excluding carboxylic acids is 1. The van der Waals surface area contributed by atoms with Crippen molar-refractivity contribution in [3.63, 3.8) is 0 Å². The number of nitrogens with two attached hydrogens (primary N) is 1. The van der Waals surface area contributed by atoms with Gasteiger partial charge in [-0.15, -0.1) is 0 Å². The Kier molecular flexibility index (Phi) is 6.17. The van der Waals surface area contributed by atoms with Gasteiger partial charge in [0.1, 0.15) is 0 Å². The number of hydrogen-bond donors (Lipinski definition) is 2. The SMILES string of the molecule is CNc1cccc(C(N)=O)c1.O=[N+]([O-])c1cccc([N+](=O)[O-])c1.